The van der Waals surface area contributed by atoms with Crippen LogP contribution in [0.4, 0.5) is 0 Å². The molecule has 21 heavy (non-hydrogen) atoms. The van der Waals surface area contributed by atoms with E-state index in [0.717, 1.165) is 44.1 Å². The lowest BCUT2D eigenvalue weighted by atomic mass is 9.44. The predicted octanol–water partition coefficient (Wildman–Crippen LogP) is 4.52. The second-order valence-electron chi connectivity index (χ2n) is 8.99. The summed E-state index contributed by atoms with van der Waals surface area (Å²) in [6.45, 7) is 7.68. The predicted molar refractivity (Wildman–Crippen MR) is 90.4 cm³/mol. The first-order chi connectivity index (χ1) is 9.80. The Bertz CT molecular complexity index is 405. The Morgan fingerprint density at radius 1 is 1.24 bits per heavy atom. The molecule has 1 amide bonds. The van der Waals surface area contributed by atoms with Gasteiger partial charge >= 0.3 is 0 Å². The lowest BCUT2D eigenvalue weighted by molar-refractivity contribution is -0.155. The quantitative estimate of drug-likeness (QED) is 0.721. The molecule has 3 heteroatoms. The molecule has 0 aromatic carbocycles. The van der Waals surface area contributed by atoms with Crippen molar-refractivity contribution in [3.8, 4) is 0 Å². The van der Waals surface area contributed by atoms with Crippen molar-refractivity contribution in [1.29, 1.82) is 0 Å². The smallest absolute Gasteiger partial charge is 0.226 e. The van der Waals surface area contributed by atoms with E-state index in [1.54, 1.807) is 0 Å². The molecule has 0 aromatic heterocycles. The lowest BCUT2D eigenvalue weighted by Gasteiger charge is -2.60. The van der Waals surface area contributed by atoms with E-state index in [1.165, 1.54) is 19.3 Å². The molecule has 3 atom stereocenters. The zero-order valence-electron chi connectivity index (χ0n) is 13.8. The molecule has 0 aliphatic heterocycles. The average Bonchev–Trinajstić information content (AvgIpc) is 2.31. The Hall–Kier alpha value is -0.0500. The highest BCUT2D eigenvalue weighted by Gasteiger charge is 2.58. The first-order valence-corrected chi connectivity index (χ1v) is 9.64. The number of nitrogens with one attached hydrogen (secondary N) is 1. The van der Waals surface area contributed by atoms with Crippen LogP contribution in [0.2, 0.25) is 0 Å². The number of amides is 1. The summed E-state index contributed by atoms with van der Waals surface area (Å²) in [5.41, 5.74) is 0.427. The molecule has 3 unspecified atom stereocenters. The molecule has 4 rings (SSSR count). The third-order valence-corrected chi connectivity index (χ3v) is 6.74. The molecular weight excluding hydrogens is 326 g/mol. The number of carbonyl (C=O) groups excluding carboxylic acids is 1. The maximum atomic E-state index is 12.9. The standard InChI is InChI=1S/C18H30BrNO/c1-12(2)4-15(19)10-20-16(21)18-8-13-5-14(9-18)7-17(3,6-13)11-18/h12-15H,4-11H2,1-3H3,(H,20,21). The van der Waals surface area contributed by atoms with E-state index in [1.807, 2.05) is 0 Å². The van der Waals surface area contributed by atoms with Crippen molar-refractivity contribution < 1.29 is 4.79 Å². The van der Waals surface area contributed by atoms with E-state index in [9.17, 15) is 4.79 Å². The molecule has 0 spiro atoms. The largest absolute Gasteiger partial charge is 0.354 e. The molecule has 4 aliphatic rings. The molecule has 0 saturated heterocycles. The third-order valence-electron chi connectivity index (χ3n) is 6.05. The van der Waals surface area contributed by atoms with Gasteiger partial charge in [0.25, 0.3) is 0 Å². The minimum atomic E-state index is -0.0244. The third kappa shape index (κ3) is 3.18. The van der Waals surface area contributed by atoms with Gasteiger partial charge in [-0.3, -0.25) is 4.79 Å². The van der Waals surface area contributed by atoms with Crippen molar-refractivity contribution in [3.05, 3.63) is 0 Å². The van der Waals surface area contributed by atoms with E-state index >= 15 is 0 Å². The van der Waals surface area contributed by atoms with Gasteiger partial charge in [-0.25, -0.2) is 0 Å². The lowest BCUT2D eigenvalue weighted by Crippen LogP contribution is -2.57. The highest BCUT2D eigenvalue weighted by atomic mass is 79.9. The van der Waals surface area contributed by atoms with Crippen molar-refractivity contribution in [2.24, 2.45) is 28.6 Å². The number of hydrogen-bond donors (Lipinski definition) is 1. The molecular formula is C18H30BrNO. The van der Waals surface area contributed by atoms with Gasteiger partial charge in [0.1, 0.15) is 0 Å². The van der Waals surface area contributed by atoms with Crippen LogP contribution in [0.3, 0.4) is 0 Å². The van der Waals surface area contributed by atoms with Crippen LogP contribution in [0.5, 0.6) is 0 Å². The summed E-state index contributed by atoms with van der Waals surface area (Å²) < 4.78 is 0. The van der Waals surface area contributed by atoms with Gasteiger partial charge in [0.2, 0.25) is 5.91 Å². The van der Waals surface area contributed by atoms with Gasteiger partial charge in [-0.1, -0.05) is 36.7 Å². The molecule has 120 valence electrons. The summed E-state index contributed by atoms with van der Waals surface area (Å²) >= 11 is 3.71. The van der Waals surface area contributed by atoms with E-state index in [-0.39, 0.29) is 5.41 Å². The molecule has 4 saturated carbocycles. The second-order valence-corrected chi connectivity index (χ2v) is 10.3. The van der Waals surface area contributed by atoms with Crippen LogP contribution < -0.4 is 5.32 Å². The summed E-state index contributed by atoms with van der Waals surface area (Å²) in [4.78, 5) is 13.3. The number of alkyl halides is 1. The van der Waals surface area contributed by atoms with Crippen molar-refractivity contribution in [2.45, 2.75) is 70.5 Å². The van der Waals surface area contributed by atoms with E-state index < -0.39 is 0 Å². The van der Waals surface area contributed by atoms with E-state index in [0.29, 0.717) is 22.1 Å². The van der Waals surface area contributed by atoms with Gasteiger partial charge in [-0.2, -0.15) is 0 Å². The number of hydrogen-bond acceptors (Lipinski definition) is 1. The Kier molecular flexibility index (Phi) is 4.18. The average molecular weight is 356 g/mol. The Balaban J connectivity index is 1.62. The summed E-state index contributed by atoms with van der Waals surface area (Å²) in [6.07, 6.45) is 8.69. The van der Waals surface area contributed by atoms with Crippen molar-refractivity contribution in [3.63, 3.8) is 0 Å². The van der Waals surface area contributed by atoms with Crippen LogP contribution in [0, 0.1) is 28.6 Å². The fraction of sp³-hybridized carbons (Fsp3) is 0.944. The van der Waals surface area contributed by atoms with Gasteiger partial charge in [0.15, 0.2) is 0 Å². The second kappa shape index (κ2) is 5.54. The van der Waals surface area contributed by atoms with Gasteiger partial charge in [-0.05, 0) is 68.1 Å². The van der Waals surface area contributed by atoms with Crippen molar-refractivity contribution >= 4 is 21.8 Å². The highest BCUT2D eigenvalue weighted by Crippen LogP contribution is 2.65. The van der Waals surface area contributed by atoms with Crippen molar-refractivity contribution in [1.82, 2.24) is 5.32 Å². The molecule has 4 fully saturated rings. The Labute approximate surface area is 138 Å². The fourth-order valence-corrected chi connectivity index (χ4v) is 6.88. The summed E-state index contributed by atoms with van der Waals surface area (Å²) in [7, 11) is 0. The minimum Gasteiger partial charge on any atom is -0.354 e. The van der Waals surface area contributed by atoms with Crippen LogP contribution >= 0.6 is 15.9 Å². The SMILES string of the molecule is CC(C)CC(Br)CNC(=O)C12CC3CC(CC(C)(C3)C1)C2. The molecule has 1 N–H and O–H groups in total. The first kappa shape index (κ1) is 15.8. The zero-order chi connectivity index (χ0) is 15.3. The molecule has 4 bridgehead atoms. The Morgan fingerprint density at radius 3 is 2.38 bits per heavy atom. The Morgan fingerprint density at radius 2 is 1.86 bits per heavy atom. The highest BCUT2D eigenvalue weighted by molar-refractivity contribution is 9.09. The zero-order valence-corrected chi connectivity index (χ0v) is 15.3. The normalized spacial score (nSPS) is 42.3. The van der Waals surface area contributed by atoms with Crippen LogP contribution in [0.25, 0.3) is 0 Å². The molecule has 2 nitrogen and oxygen atoms in total. The molecule has 0 aromatic rings. The van der Waals surface area contributed by atoms with Crippen LogP contribution in [-0.4, -0.2) is 17.3 Å². The maximum absolute atomic E-state index is 12.9. The van der Waals surface area contributed by atoms with Gasteiger partial charge in [0.05, 0.1) is 5.41 Å². The number of halogens is 1. The topological polar surface area (TPSA) is 29.1 Å². The minimum absolute atomic E-state index is 0.0244. The summed E-state index contributed by atoms with van der Waals surface area (Å²) in [6, 6.07) is 0. The van der Waals surface area contributed by atoms with Gasteiger partial charge in [-0.15, -0.1) is 0 Å². The van der Waals surface area contributed by atoms with Crippen molar-refractivity contribution in [2.75, 3.05) is 6.54 Å². The molecule has 4 aliphatic carbocycles. The van der Waals surface area contributed by atoms with Gasteiger partial charge < -0.3 is 5.32 Å². The molecule has 0 heterocycles. The van der Waals surface area contributed by atoms with E-state index in [4.69, 9.17) is 0 Å². The number of rotatable bonds is 5. The van der Waals surface area contributed by atoms with Crippen LogP contribution in [0.1, 0.15) is 65.7 Å². The monoisotopic (exact) mass is 355 g/mol. The molecule has 0 radical (unpaired) electrons. The summed E-state index contributed by atoms with van der Waals surface area (Å²) in [5, 5.41) is 3.28. The van der Waals surface area contributed by atoms with Crippen LogP contribution in [0.15, 0.2) is 0 Å². The van der Waals surface area contributed by atoms with Gasteiger partial charge in [0, 0.05) is 11.4 Å². The fourth-order valence-electron chi connectivity index (χ4n) is 5.97. The number of carbonyl (C=O) groups is 1. The van der Waals surface area contributed by atoms with E-state index in [2.05, 4.69) is 42.0 Å². The first-order valence-electron chi connectivity index (χ1n) is 8.73. The maximum Gasteiger partial charge on any atom is 0.226 e. The summed E-state index contributed by atoms with van der Waals surface area (Å²) in [5.74, 6) is 2.66. The van der Waals surface area contributed by atoms with Crippen LogP contribution in [-0.2, 0) is 4.79 Å².